The third-order valence-electron chi connectivity index (χ3n) is 4.93. The lowest BCUT2D eigenvalue weighted by Gasteiger charge is -2.11. The Morgan fingerprint density at radius 2 is 1.35 bits per heavy atom. The van der Waals surface area contributed by atoms with E-state index in [-0.39, 0.29) is 11.6 Å². The Bertz CT molecular complexity index is 1240. The van der Waals surface area contributed by atoms with E-state index in [2.05, 4.69) is 15.3 Å². The van der Waals surface area contributed by atoms with Crippen LogP contribution in [0.1, 0.15) is 0 Å². The first-order valence-electron chi connectivity index (χ1n) is 8.22. The van der Waals surface area contributed by atoms with Crippen molar-refractivity contribution in [2.75, 3.05) is 19.5 Å². The summed E-state index contributed by atoms with van der Waals surface area (Å²) in [5, 5.41) is 6.34. The summed E-state index contributed by atoms with van der Waals surface area (Å²) in [6.45, 7) is 0. The Labute approximate surface area is 146 Å². The van der Waals surface area contributed by atoms with Crippen molar-refractivity contribution in [3.8, 4) is 5.75 Å². The van der Waals surface area contributed by atoms with Gasteiger partial charge in [-0.3, -0.25) is 0 Å². The number of ether oxygens (including phenoxy) is 1. The molecule has 2 aromatic heterocycles. The summed E-state index contributed by atoms with van der Waals surface area (Å²) in [7, 11) is 3.39. The van der Waals surface area contributed by atoms with Gasteiger partial charge >= 0.3 is 0 Å². The maximum atomic E-state index is 13.9. The molecule has 6 heteroatoms. The number of hydrogen-bond acceptors (Lipinski definition) is 2. The number of aromatic amines is 2. The van der Waals surface area contributed by atoms with E-state index in [9.17, 15) is 8.78 Å². The van der Waals surface area contributed by atoms with Crippen molar-refractivity contribution in [1.82, 2.24) is 9.97 Å². The van der Waals surface area contributed by atoms with E-state index >= 15 is 0 Å². The van der Waals surface area contributed by atoms with E-state index in [0.29, 0.717) is 5.75 Å². The Hall–Kier alpha value is -3.28. The highest BCUT2D eigenvalue weighted by molar-refractivity contribution is 6.29. The van der Waals surface area contributed by atoms with Crippen molar-refractivity contribution in [2.45, 2.75) is 0 Å². The predicted octanol–water partition coefficient (Wildman–Crippen LogP) is 5.28. The second-order valence-electron chi connectivity index (χ2n) is 6.29. The van der Waals surface area contributed by atoms with Crippen LogP contribution in [0.5, 0.6) is 5.75 Å². The number of aromatic nitrogens is 2. The maximum Gasteiger partial charge on any atom is 0.167 e. The molecule has 130 valence electrons. The normalized spacial score (nSPS) is 11.8. The molecule has 0 radical (unpaired) electrons. The van der Waals surface area contributed by atoms with Crippen LogP contribution >= 0.6 is 0 Å². The SMILES string of the molecule is CNc1c2c([nH]c3ccc(F)cc32)c(OC)c2[nH]c3ccc(F)cc3c12. The molecule has 0 fully saturated rings. The molecule has 0 spiro atoms. The third kappa shape index (κ3) is 1.81. The fourth-order valence-corrected chi connectivity index (χ4v) is 3.89. The van der Waals surface area contributed by atoms with Crippen LogP contribution in [0.2, 0.25) is 0 Å². The monoisotopic (exact) mass is 351 g/mol. The molecule has 5 aromatic rings. The lowest BCUT2D eigenvalue weighted by Crippen LogP contribution is -1.94. The topological polar surface area (TPSA) is 52.8 Å². The van der Waals surface area contributed by atoms with Crippen molar-refractivity contribution in [2.24, 2.45) is 0 Å². The largest absolute Gasteiger partial charge is 0.492 e. The standard InChI is InChI=1S/C20H15F2N3O/c1-23-17-15-11-7-9(21)3-5-13(11)24-18(15)20(26-2)19-16(17)12-8-10(22)4-6-14(12)25-19/h3-8,23-25H,1-2H3. The zero-order valence-corrected chi connectivity index (χ0v) is 14.1. The molecule has 0 unspecified atom stereocenters. The number of nitrogens with one attached hydrogen (secondary N) is 3. The number of H-pyrrole nitrogens is 2. The summed E-state index contributed by atoms with van der Waals surface area (Å²) < 4.78 is 33.5. The van der Waals surface area contributed by atoms with Crippen LogP contribution in [0.3, 0.4) is 0 Å². The predicted molar refractivity (Wildman–Crippen MR) is 101 cm³/mol. The molecule has 3 aromatic carbocycles. The molecule has 0 aliphatic rings. The molecule has 26 heavy (non-hydrogen) atoms. The van der Waals surface area contributed by atoms with Gasteiger partial charge in [0.05, 0.1) is 23.8 Å². The lowest BCUT2D eigenvalue weighted by molar-refractivity contribution is 0.423. The zero-order chi connectivity index (χ0) is 18.0. The average molecular weight is 351 g/mol. The van der Waals surface area contributed by atoms with Gasteiger partial charge in [0, 0.05) is 39.6 Å². The van der Waals surface area contributed by atoms with Crippen LogP contribution in [0.4, 0.5) is 14.5 Å². The number of anilines is 1. The molecule has 0 saturated carbocycles. The van der Waals surface area contributed by atoms with Crippen molar-refractivity contribution < 1.29 is 13.5 Å². The third-order valence-corrected chi connectivity index (χ3v) is 4.93. The smallest absolute Gasteiger partial charge is 0.167 e. The van der Waals surface area contributed by atoms with Gasteiger partial charge in [0.1, 0.15) is 11.6 Å². The molecule has 0 aliphatic heterocycles. The van der Waals surface area contributed by atoms with Crippen molar-refractivity contribution >= 4 is 49.3 Å². The first-order valence-corrected chi connectivity index (χ1v) is 8.22. The van der Waals surface area contributed by atoms with E-state index in [0.717, 1.165) is 49.3 Å². The zero-order valence-electron chi connectivity index (χ0n) is 14.1. The average Bonchev–Trinajstić information content (AvgIpc) is 3.18. The highest BCUT2D eigenvalue weighted by atomic mass is 19.1. The van der Waals surface area contributed by atoms with Gasteiger partial charge in [-0.1, -0.05) is 0 Å². The minimum absolute atomic E-state index is 0.315. The van der Waals surface area contributed by atoms with Crippen molar-refractivity contribution in [3.05, 3.63) is 48.0 Å². The summed E-state index contributed by atoms with van der Waals surface area (Å²) in [6.07, 6.45) is 0. The highest BCUT2D eigenvalue weighted by Gasteiger charge is 2.22. The molecular weight excluding hydrogens is 336 g/mol. The number of rotatable bonds is 2. The fraction of sp³-hybridized carbons (Fsp3) is 0.100. The van der Waals surface area contributed by atoms with Crippen LogP contribution in [0.15, 0.2) is 36.4 Å². The molecule has 2 heterocycles. The number of halogens is 2. The van der Waals surface area contributed by atoms with Gasteiger partial charge < -0.3 is 20.0 Å². The van der Waals surface area contributed by atoms with Gasteiger partial charge in [-0.15, -0.1) is 0 Å². The summed E-state index contributed by atoms with van der Waals surface area (Å²) in [5.74, 6) is -0.0174. The first kappa shape index (κ1) is 15.0. The van der Waals surface area contributed by atoms with Gasteiger partial charge in [0.2, 0.25) is 0 Å². The summed E-state index contributed by atoms with van der Waals surface area (Å²) >= 11 is 0. The number of benzene rings is 3. The van der Waals surface area contributed by atoms with E-state index in [1.165, 1.54) is 24.3 Å². The summed E-state index contributed by atoms with van der Waals surface area (Å²) in [6, 6.07) is 9.23. The number of methoxy groups -OCH3 is 1. The Balaban J connectivity index is 2.13. The first-order chi connectivity index (χ1) is 12.6. The van der Waals surface area contributed by atoms with Crippen LogP contribution in [0.25, 0.3) is 43.6 Å². The van der Waals surface area contributed by atoms with E-state index in [1.54, 1.807) is 26.3 Å². The molecule has 0 atom stereocenters. The molecule has 0 aliphatic carbocycles. The maximum absolute atomic E-state index is 13.9. The molecule has 3 N–H and O–H groups in total. The molecule has 0 bridgehead atoms. The minimum Gasteiger partial charge on any atom is -0.492 e. The second-order valence-corrected chi connectivity index (χ2v) is 6.29. The minimum atomic E-state index is -0.315. The van der Waals surface area contributed by atoms with Gasteiger partial charge in [-0.2, -0.15) is 0 Å². The summed E-state index contributed by atoms with van der Waals surface area (Å²) in [4.78, 5) is 6.64. The number of hydrogen-bond donors (Lipinski definition) is 3. The van der Waals surface area contributed by atoms with E-state index in [1.807, 2.05) is 0 Å². The highest BCUT2D eigenvalue weighted by Crippen LogP contribution is 2.46. The number of fused-ring (bicyclic) bond motifs is 6. The van der Waals surface area contributed by atoms with Crippen molar-refractivity contribution in [3.63, 3.8) is 0 Å². The van der Waals surface area contributed by atoms with E-state index < -0.39 is 0 Å². The van der Waals surface area contributed by atoms with Gasteiger partial charge in [-0.05, 0) is 36.4 Å². The van der Waals surface area contributed by atoms with E-state index in [4.69, 9.17) is 4.74 Å². The summed E-state index contributed by atoms with van der Waals surface area (Å²) in [5.41, 5.74) is 3.93. The molecular formula is C20H15F2N3O. The molecule has 0 saturated heterocycles. The van der Waals surface area contributed by atoms with Crippen molar-refractivity contribution in [1.29, 1.82) is 0 Å². The lowest BCUT2D eigenvalue weighted by atomic mass is 10.0. The second kappa shape index (κ2) is 5.11. The molecule has 4 nitrogen and oxygen atoms in total. The van der Waals surface area contributed by atoms with Gasteiger partial charge in [0.25, 0.3) is 0 Å². The Kier molecular flexibility index (Phi) is 2.95. The van der Waals surface area contributed by atoms with Gasteiger partial charge in [0.15, 0.2) is 5.75 Å². The van der Waals surface area contributed by atoms with Crippen LogP contribution in [-0.4, -0.2) is 24.1 Å². The fourth-order valence-electron chi connectivity index (χ4n) is 3.89. The quantitative estimate of drug-likeness (QED) is 0.405. The molecule has 5 rings (SSSR count). The van der Waals surface area contributed by atoms with Gasteiger partial charge in [-0.25, -0.2) is 8.78 Å². The van der Waals surface area contributed by atoms with Crippen LogP contribution < -0.4 is 10.1 Å². The Morgan fingerprint density at radius 3 is 1.77 bits per heavy atom. The van der Waals surface area contributed by atoms with Crippen LogP contribution in [0, 0.1) is 11.6 Å². The Morgan fingerprint density at radius 1 is 0.846 bits per heavy atom. The van der Waals surface area contributed by atoms with Crippen LogP contribution in [-0.2, 0) is 0 Å². The molecule has 0 amide bonds.